The molecule has 2 aromatic carbocycles. The number of para-hydroxylation sites is 1. The van der Waals surface area contributed by atoms with E-state index in [0.29, 0.717) is 19.4 Å². The Morgan fingerprint density at radius 3 is 2.39 bits per heavy atom. The Balaban J connectivity index is 2.03. The molecule has 2 rings (SSSR count). The van der Waals surface area contributed by atoms with Gasteiger partial charge in [0.25, 0.3) is 0 Å². The molecule has 1 unspecified atom stereocenters. The van der Waals surface area contributed by atoms with Crippen LogP contribution >= 0.6 is 0 Å². The van der Waals surface area contributed by atoms with Gasteiger partial charge in [-0.15, -0.1) is 0 Å². The van der Waals surface area contributed by atoms with E-state index < -0.39 is 0 Å². The Bertz CT molecular complexity index is 625. The van der Waals surface area contributed by atoms with Gasteiger partial charge in [-0.05, 0) is 37.0 Å². The molecule has 0 fully saturated rings. The van der Waals surface area contributed by atoms with Crippen molar-refractivity contribution in [2.24, 2.45) is 0 Å². The van der Waals surface area contributed by atoms with Crippen LogP contribution in [0.25, 0.3) is 0 Å². The number of carbonyl (C=O) groups excluding carboxylic acids is 1. The minimum Gasteiger partial charge on any atom is -0.399 e. The van der Waals surface area contributed by atoms with Crippen molar-refractivity contribution in [2.45, 2.75) is 45.7 Å². The summed E-state index contributed by atoms with van der Waals surface area (Å²) in [7, 11) is 0. The number of amides is 1. The molecule has 1 atom stereocenters. The van der Waals surface area contributed by atoms with Crippen molar-refractivity contribution in [3.8, 4) is 0 Å². The Labute approximate surface area is 139 Å². The number of nitrogens with two attached hydrogens (primary N) is 1. The standard InChI is InChI=1S/C20H26N2O/c1-3-16(2)22(15-17-9-5-4-6-10-17)20(23)14-13-18-11-7-8-12-19(18)21/h4-12,16H,3,13-15,21H2,1-2H3. The van der Waals surface area contributed by atoms with Crippen LogP contribution in [0.5, 0.6) is 0 Å². The Kier molecular flexibility index (Phi) is 6.21. The van der Waals surface area contributed by atoms with Crippen molar-refractivity contribution in [1.82, 2.24) is 4.90 Å². The summed E-state index contributed by atoms with van der Waals surface area (Å²) in [6.07, 6.45) is 2.13. The first kappa shape index (κ1) is 17.1. The maximum Gasteiger partial charge on any atom is 0.223 e. The molecule has 2 N–H and O–H groups in total. The van der Waals surface area contributed by atoms with Gasteiger partial charge in [0.05, 0.1) is 0 Å². The first-order valence-electron chi connectivity index (χ1n) is 8.28. The van der Waals surface area contributed by atoms with Crippen LogP contribution in [0.4, 0.5) is 5.69 Å². The van der Waals surface area contributed by atoms with Gasteiger partial charge in [-0.25, -0.2) is 0 Å². The lowest BCUT2D eigenvalue weighted by Crippen LogP contribution is -2.37. The van der Waals surface area contributed by atoms with Crippen LogP contribution < -0.4 is 5.73 Å². The second-order valence-corrected chi connectivity index (χ2v) is 5.96. The number of anilines is 1. The Morgan fingerprint density at radius 1 is 1.09 bits per heavy atom. The summed E-state index contributed by atoms with van der Waals surface area (Å²) in [6, 6.07) is 18.2. The first-order chi connectivity index (χ1) is 11.1. The normalized spacial score (nSPS) is 11.9. The Hall–Kier alpha value is -2.29. The molecule has 23 heavy (non-hydrogen) atoms. The summed E-state index contributed by atoms with van der Waals surface area (Å²) in [5.74, 6) is 0.187. The molecule has 0 radical (unpaired) electrons. The van der Waals surface area contributed by atoms with Gasteiger partial charge in [-0.2, -0.15) is 0 Å². The number of benzene rings is 2. The van der Waals surface area contributed by atoms with Crippen molar-refractivity contribution in [2.75, 3.05) is 5.73 Å². The number of nitrogen functional groups attached to an aromatic ring is 1. The highest BCUT2D eigenvalue weighted by Gasteiger charge is 2.19. The van der Waals surface area contributed by atoms with E-state index >= 15 is 0 Å². The van der Waals surface area contributed by atoms with Gasteiger partial charge < -0.3 is 10.6 Å². The number of carbonyl (C=O) groups is 1. The maximum absolute atomic E-state index is 12.7. The molecule has 0 aliphatic carbocycles. The zero-order chi connectivity index (χ0) is 16.7. The zero-order valence-corrected chi connectivity index (χ0v) is 14.0. The zero-order valence-electron chi connectivity index (χ0n) is 14.0. The number of hydrogen-bond acceptors (Lipinski definition) is 2. The van der Waals surface area contributed by atoms with E-state index in [9.17, 15) is 4.79 Å². The van der Waals surface area contributed by atoms with Crippen LogP contribution in [0.2, 0.25) is 0 Å². The lowest BCUT2D eigenvalue weighted by Gasteiger charge is -2.29. The molecule has 0 aliphatic heterocycles. The van der Waals surface area contributed by atoms with Crippen LogP contribution in [-0.4, -0.2) is 16.8 Å². The van der Waals surface area contributed by atoms with Gasteiger partial charge in [-0.1, -0.05) is 55.5 Å². The third-order valence-electron chi connectivity index (χ3n) is 4.30. The van der Waals surface area contributed by atoms with E-state index in [-0.39, 0.29) is 11.9 Å². The second-order valence-electron chi connectivity index (χ2n) is 5.96. The fraction of sp³-hybridized carbons (Fsp3) is 0.350. The molecule has 0 aromatic heterocycles. The van der Waals surface area contributed by atoms with Gasteiger partial charge in [0.1, 0.15) is 0 Å². The molecule has 0 heterocycles. The SMILES string of the molecule is CCC(C)N(Cc1ccccc1)C(=O)CCc1ccccc1N. The van der Waals surface area contributed by atoms with E-state index in [1.165, 1.54) is 5.56 Å². The molecular weight excluding hydrogens is 284 g/mol. The predicted molar refractivity (Wildman–Crippen MR) is 95.9 cm³/mol. The highest BCUT2D eigenvalue weighted by atomic mass is 16.2. The highest BCUT2D eigenvalue weighted by molar-refractivity contribution is 5.77. The van der Waals surface area contributed by atoms with Crippen molar-refractivity contribution < 1.29 is 4.79 Å². The fourth-order valence-electron chi connectivity index (χ4n) is 2.64. The van der Waals surface area contributed by atoms with Crippen LogP contribution in [0.3, 0.4) is 0 Å². The summed E-state index contributed by atoms with van der Waals surface area (Å²) in [6.45, 7) is 4.89. The molecule has 3 nitrogen and oxygen atoms in total. The third kappa shape index (κ3) is 4.85. The molecule has 0 bridgehead atoms. The number of hydrogen-bond donors (Lipinski definition) is 1. The molecule has 3 heteroatoms. The average Bonchev–Trinajstić information content (AvgIpc) is 2.59. The molecular formula is C20H26N2O. The van der Waals surface area contributed by atoms with Gasteiger partial charge in [0, 0.05) is 24.7 Å². The van der Waals surface area contributed by atoms with Gasteiger partial charge in [0.2, 0.25) is 5.91 Å². The van der Waals surface area contributed by atoms with Crippen molar-refractivity contribution >= 4 is 11.6 Å². The molecule has 1 amide bonds. The van der Waals surface area contributed by atoms with Crippen molar-refractivity contribution in [1.29, 1.82) is 0 Å². The van der Waals surface area contributed by atoms with E-state index in [0.717, 1.165) is 17.7 Å². The topological polar surface area (TPSA) is 46.3 Å². The minimum atomic E-state index is 0.187. The van der Waals surface area contributed by atoms with E-state index in [1.807, 2.05) is 47.4 Å². The van der Waals surface area contributed by atoms with Gasteiger partial charge in [0.15, 0.2) is 0 Å². The average molecular weight is 310 g/mol. The van der Waals surface area contributed by atoms with Crippen LogP contribution in [0.1, 0.15) is 37.8 Å². The summed E-state index contributed by atoms with van der Waals surface area (Å²) < 4.78 is 0. The number of rotatable bonds is 7. The van der Waals surface area contributed by atoms with E-state index in [2.05, 4.69) is 26.0 Å². The maximum atomic E-state index is 12.7. The van der Waals surface area contributed by atoms with Crippen LogP contribution in [0, 0.1) is 0 Å². The van der Waals surface area contributed by atoms with Gasteiger partial charge in [-0.3, -0.25) is 4.79 Å². The molecule has 122 valence electrons. The quantitative estimate of drug-likeness (QED) is 0.785. The molecule has 0 aliphatic rings. The monoisotopic (exact) mass is 310 g/mol. The first-order valence-corrected chi connectivity index (χ1v) is 8.28. The van der Waals surface area contributed by atoms with Crippen molar-refractivity contribution in [3.63, 3.8) is 0 Å². The lowest BCUT2D eigenvalue weighted by atomic mass is 10.1. The Morgan fingerprint density at radius 2 is 1.74 bits per heavy atom. The molecule has 0 spiro atoms. The summed E-state index contributed by atoms with van der Waals surface area (Å²) >= 11 is 0. The van der Waals surface area contributed by atoms with Crippen molar-refractivity contribution in [3.05, 3.63) is 65.7 Å². The fourth-order valence-corrected chi connectivity index (χ4v) is 2.64. The largest absolute Gasteiger partial charge is 0.399 e. The van der Waals surface area contributed by atoms with E-state index in [4.69, 9.17) is 5.73 Å². The number of aryl methyl sites for hydroxylation is 1. The second kappa shape index (κ2) is 8.37. The summed E-state index contributed by atoms with van der Waals surface area (Å²) in [5.41, 5.74) is 8.94. The highest BCUT2D eigenvalue weighted by Crippen LogP contribution is 2.16. The molecule has 2 aromatic rings. The van der Waals surface area contributed by atoms with Crippen LogP contribution in [0.15, 0.2) is 54.6 Å². The van der Waals surface area contributed by atoms with Gasteiger partial charge >= 0.3 is 0 Å². The smallest absolute Gasteiger partial charge is 0.223 e. The van der Waals surface area contributed by atoms with E-state index in [1.54, 1.807) is 0 Å². The number of nitrogens with zero attached hydrogens (tertiary/aromatic N) is 1. The molecule has 0 saturated heterocycles. The predicted octanol–water partition coefficient (Wildman–Crippen LogP) is 4.03. The summed E-state index contributed by atoms with van der Waals surface area (Å²) in [5, 5.41) is 0. The lowest BCUT2D eigenvalue weighted by molar-refractivity contribution is -0.134. The van der Waals surface area contributed by atoms with Crippen LogP contribution in [-0.2, 0) is 17.8 Å². The minimum absolute atomic E-state index is 0.187. The third-order valence-corrected chi connectivity index (χ3v) is 4.30. The summed E-state index contributed by atoms with van der Waals surface area (Å²) in [4.78, 5) is 14.7. The molecule has 0 saturated carbocycles.